The number of sulfonamides is 1. The maximum absolute atomic E-state index is 12.7. The number of benzene rings is 1. The van der Waals surface area contributed by atoms with Gasteiger partial charge in [0.05, 0.1) is 21.4 Å². The lowest BCUT2D eigenvalue weighted by molar-refractivity contribution is -0.385. The van der Waals surface area contributed by atoms with Crippen molar-refractivity contribution in [3.8, 4) is 12.3 Å². The van der Waals surface area contributed by atoms with Crippen molar-refractivity contribution in [3.05, 3.63) is 32.8 Å². The van der Waals surface area contributed by atoms with Crippen LogP contribution < -0.4 is 0 Å². The standard InChI is InChI=1S/C14H16ClN3O4S/c1-3-4-16-5-7-17(8-6-16)23(21,22)12-9-13(15)11(2)14(10-12)18(19)20/h1,9-10H,4-8H2,2H3. The first-order valence-electron chi connectivity index (χ1n) is 6.88. The van der Waals surface area contributed by atoms with E-state index >= 15 is 0 Å². The number of nitro groups is 1. The highest BCUT2D eigenvalue weighted by molar-refractivity contribution is 7.89. The molecule has 7 nitrogen and oxygen atoms in total. The van der Waals surface area contributed by atoms with Gasteiger partial charge in [0, 0.05) is 37.8 Å². The Labute approximate surface area is 140 Å². The molecule has 0 radical (unpaired) electrons. The Hall–Kier alpha value is -1.66. The summed E-state index contributed by atoms with van der Waals surface area (Å²) in [6.45, 7) is 3.55. The maximum Gasteiger partial charge on any atom is 0.275 e. The van der Waals surface area contributed by atoms with Crippen LogP contribution in [0.1, 0.15) is 5.56 Å². The molecule has 0 bridgehead atoms. The Kier molecular flexibility index (Phi) is 5.26. The fourth-order valence-corrected chi connectivity index (χ4v) is 4.13. The summed E-state index contributed by atoms with van der Waals surface area (Å²) in [5.41, 5.74) is -0.0588. The molecule has 23 heavy (non-hydrogen) atoms. The zero-order valence-electron chi connectivity index (χ0n) is 12.5. The minimum atomic E-state index is -3.83. The van der Waals surface area contributed by atoms with Gasteiger partial charge in [-0.15, -0.1) is 6.42 Å². The summed E-state index contributed by atoms with van der Waals surface area (Å²) in [6, 6.07) is 2.32. The maximum atomic E-state index is 12.7. The van der Waals surface area contributed by atoms with Crippen molar-refractivity contribution < 1.29 is 13.3 Å². The zero-order chi connectivity index (χ0) is 17.2. The van der Waals surface area contributed by atoms with E-state index in [1.54, 1.807) is 0 Å². The van der Waals surface area contributed by atoms with Gasteiger partial charge in [-0.2, -0.15) is 4.31 Å². The second-order valence-electron chi connectivity index (χ2n) is 5.19. The van der Waals surface area contributed by atoms with Gasteiger partial charge in [-0.05, 0) is 13.0 Å². The number of piperazine rings is 1. The van der Waals surface area contributed by atoms with E-state index in [9.17, 15) is 18.5 Å². The normalized spacial score (nSPS) is 16.9. The van der Waals surface area contributed by atoms with E-state index in [1.807, 2.05) is 4.90 Å². The summed E-state index contributed by atoms with van der Waals surface area (Å²) in [5.74, 6) is 2.52. The molecule has 1 aromatic carbocycles. The first-order chi connectivity index (χ1) is 10.8. The molecule has 0 atom stereocenters. The van der Waals surface area contributed by atoms with Crippen LogP contribution in [0.25, 0.3) is 0 Å². The third-order valence-corrected chi connectivity index (χ3v) is 6.04. The van der Waals surface area contributed by atoms with E-state index in [0.717, 1.165) is 6.07 Å². The van der Waals surface area contributed by atoms with Gasteiger partial charge in [-0.3, -0.25) is 15.0 Å². The molecule has 1 aliphatic rings. The van der Waals surface area contributed by atoms with E-state index in [4.69, 9.17) is 18.0 Å². The Bertz CT molecular complexity index is 765. The Morgan fingerprint density at radius 1 is 1.35 bits per heavy atom. The number of halogens is 1. The van der Waals surface area contributed by atoms with Crippen LogP contribution in [0.5, 0.6) is 0 Å². The van der Waals surface area contributed by atoms with Crippen LogP contribution in [0, 0.1) is 29.4 Å². The quantitative estimate of drug-likeness (QED) is 0.463. The molecule has 1 aliphatic heterocycles. The third kappa shape index (κ3) is 3.64. The largest absolute Gasteiger partial charge is 0.290 e. The monoisotopic (exact) mass is 357 g/mol. The smallest absolute Gasteiger partial charge is 0.275 e. The van der Waals surface area contributed by atoms with Gasteiger partial charge in [0.1, 0.15) is 0 Å². The van der Waals surface area contributed by atoms with Gasteiger partial charge in [0.15, 0.2) is 0 Å². The van der Waals surface area contributed by atoms with Crippen molar-refractivity contribution in [2.24, 2.45) is 0 Å². The van der Waals surface area contributed by atoms with Gasteiger partial charge in [0.2, 0.25) is 10.0 Å². The number of nitro benzene ring substituents is 1. The molecule has 0 aliphatic carbocycles. The van der Waals surface area contributed by atoms with E-state index < -0.39 is 14.9 Å². The fourth-order valence-electron chi connectivity index (χ4n) is 2.38. The number of nitrogens with zero attached hydrogens (tertiary/aromatic N) is 3. The van der Waals surface area contributed by atoms with E-state index in [0.29, 0.717) is 19.6 Å². The summed E-state index contributed by atoms with van der Waals surface area (Å²) >= 11 is 5.95. The van der Waals surface area contributed by atoms with Crippen molar-refractivity contribution in [2.45, 2.75) is 11.8 Å². The van der Waals surface area contributed by atoms with E-state index in [1.165, 1.54) is 17.3 Å². The first kappa shape index (κ1) is 17.7. The molecular formula is C14H16ClN3O4S. The molecule has 0 aromatic heterocycles. The highest BCUT2D eigenvalue weighted by Crippen LogP contribution is 2.31. The molecule has 0 unspecified atom stereocenters. The van der Waals surface area contributed by atoms with Crippen molar-refractivity contribution in [3.63, 3.8) is 0 Å². The number of hydrogen-bond acceptors (Lipinski definition) is 5. The van der Waals surface area contributed by atoms with Crippen molar-refractivity contribution >= 4 is 27.3 Å². The van der Waals surface area contributed by atoms with Crippen LogP contribution in [0.2, 0.25) is 5.02 Å². The van der Waals surface area contributed by atoms with Crippen LogP contribution in [0.4, 0.5) is 5.69 Å². The molecule has 1 aromatic rings. The topological polar surface area (TPSA) is 83.8 Å². The average Bonchev–Trinajstić information content (AvgIpc) is 2.50. The van der Waals surface area contributed by atoms with Crippen LogP contribution in [0.3, 0.4) is 0 Å². The van der Waals surface area contributed by atoms with Gasteiger partial charge < -0.3 is 0 Å². The highest BCUT2D eigenvalue weighted by Gasteiger charge is 2.30. The van der Waals surface area contributed by atoms with Gasteiger partial charge in [-0.25, -0.2) is 8.42 Å². The van der Waals surface area contributed by atoms with Crippen LogP contribution in [-0.2, 0) is 10.0 Å². The second-order valence-corrected chi connectivity index (χ2v) is 7.54. The fraction of sp³-hybridized carbons (Fsp3) is 0.429. The molecule has 0 spiro atoms. The lowest BCUT2D eigenvalue weighted by Crippen LogP contribution is -2.48. The molecule has 0 saturated carbocycles. The molecule has 1 heterocycles. The summed E-state index contributed by atoms with van der Waals surface area (Å²) in [4.78, 5) is 12.2. The van der Waals surface area contributed by atoms with Crippen molar-refractivity contribution in [1.82, 2.24) is 9.21 Å². The third-order valence-electron chi connectivity index (χ3n) is 3.77. The molecule has 9 heteroatoms. The minimum Gasteiger partial charge on any atom is -0.290 e. The second kappa shape index (κ2) is 6.84. The molecule has 124 valence electrons. The predicted molar refractivity (Wildman–Crippen MR) is 86.9 cm³/mol. The number of hydrogen-bond donors (Lipinski definition) is 0. The number of terminal acetylenes is 1. The molecule has 1 fully saturated rings. The van der Waals surface area contributed by atoms with Crippen LogP contribution in [0.15, 0.2) is 17.0 Å². The predicted octanol–water partition coefficient (Wildman–Crippen LogP) is 1.50. The Morgan fingerprint density at radius 3 is 2.48 bits per heavy atom. The van der Waals surface area contributed by atoms with Gasteiger partial charge in [0.25, 0.3) is 5.69 Å². The van der Waals surface area contributed by atoms with Crippen molar-refractivity contribution in [1.29, 1.82) is 0 Å². The Balaban J connectivity index is 2.31. The summed E-state index contributed by atoms with van der Waals surface area (Å²) < 4.78 is 26.6. The zero-order valence-corrected chi connectivity index (χ0v) is 14.1. The SMILES string of the molecule is C#CCN1CCN(S(=O)(=O)c2cc(Cl)c(C)c([N+](=O)[O-])c2)CC1. The Morgan fingerprint density at radius 2 is 1.96 bits per heavy atom. The highest BCUT2D eigenvalue weighted by atomic mass is 35.5. The molecule has 0 amide bonds. The number of rotatable bonds is 4. The van der Waals surface area contributed by atoms with E-state index in [-0.39, 0.29) is 34.3 Å². The minimum absolute atomic E-state index is 0.0590. The van der Waals surface area contributed by atoms with Gasteiger partial charge >= 0.3 is 0 Å². The van der Waals surface area contributed by atoms with E-state index in [2.05, 4.69) is 5.92 Å². The van der Waals surface area contributed by atoms with Crippen LogP contribution in [-0.4, -0.2) is 55.3 Å². The average molecular weight is 358 g/mol. The van der Waals surface area contributed by atoms with Crippen LogP contribution >= 0.6 is 11.6 Å². The summed E-state index contributed by atoms with van der Waals surface area (Å²) in [5, 5.41) is 11.1. The summed E-state index contributed by atoms with van der Waals surface area (Å²) in [6.07, 6.45) is 5.24. The lowest BCUT2D eigenvalue weighted by atomic mass is 10.2. The van der Waals surface area contributed by atoms with Gasteiger partial charge in [-0.1, -0.05) is 17.5 Å². The molecule has 1 saturated heterocycles. The molecular weight excluding hydrogens is 342 g/mol. The lowest BCUT2D eigenvalue weighted by Gasteiger charge is -2.32. The molecule has 2 rings (SSSR count). The summed E-state index contributed by atoms with van der Waals surface area (Å²) in [7, 11) is -3.83. The molecule has 0 N–H and O–H groups in total. The first-order valence-corrected chi connectivity index (χ1v) is 8.69. The van der Waals surface area contributed by atoms with Crippen molar-refractivity contribution in [2.75, 3.05) is 32.7 Å².